The molecule has 0 aromatic heterocycles. The van der Waals surface area contributed by atoms with Crippen LogP contribution in [0.5, 0.6) is 0 Å². The van der Waals surface area contributed by atoms with Gasteiger partial charge in [0.2, 0.25) is 0 Å². The fourth-order valence-corrected chi connectivity index (χ4v) is 1.68. The van der Waals surface area contributed by atoms with Crippen LogP contribution in [0.3, 0.4) is 0 Å². The summed E-state index contributed by atoms with van der Waals surface area (Å²) < 4.78 is 6.52. The van der Waals surface area contributed by atoms with Crippen LogP contribution >= 0.6 is 0 Å². The second kappa shape index (κ2) is 12.7. The van der Waals surface area contributed by atoms with Crippen LogP contribution in [0.25, 0.3) is 0 Å². The van der Waals surface area contributed by atoms with Crippen molar-refractivity contribution in [3.8, 4) is 0 Å². The van der Waals surface area contributed by atoms with Crippen molar-refractivity contribution in [2.75, 3.05) is 34.5 Å². The third-order valence-electron chi connectivity index (χ3n) is 2.62. The molecule has 0 atom stereocenters. The molecule has 0 rings (SSSR count). The first-order valence-electron chi connectivity index (χ1n) is 6.94. The van der Waals surface area contributed by atoms with Gasteiger partial charge in [0, 0.05) is 0 Å². The molecule has 0 aromatic carbocycles. The van der Waals surface area contributed by atoms with E-state index >= 15 is 0 Å². The maximum Gasteiger partial charge on any atom is 0.182 e. The number of unbranched alkanes of at least 4 members (excludes halogenated alkanes) is 7. The fraction of sp³-hybridized carbons (Fsp3) is 1.00. The third kappa shape index (κ3) is 18.8. The molecule has 17 heavy (non-hydrogen) atoms. The van der Waals surface area contributed by atoms with Crippen LogP contribution < -0.4 is 12.4 Å². The van der Waals surface area contributed by atoms with Gasteiger partial charge in [-0.05, 0) is 6.42 Å². The quantitative estimate of drug-likeness (QED) is 0.305. The standard InChI is InChI=1S/C14H32NO.ClH/c1-5-6-7-8-9-10-11-12-13-16-14-15(2,3)4;/h5-14H2,1-4H3;1H/q+1;/p-1. The Morgan fingerprint density at radius 3 is 1.71 bits per heavy atom. The predicted octanol–water partition coefficient (Wildman–Crippen LogP) is 0.811. The zero-order chi connectivity index (χ0) is 12.3. The number of rotatable bonds is 11. The van der Waals surface area contributed by atoms with Crippen LogP contribution in [0.2, 0.25) is 0 Å². The number of halogens is 1. The Balaban J connectivity index is 0. The zero-order valence-electron chi connectivity index (χ0n) is 12.3. The normalized spacial score (nSPS) is 11.3. The molecular weight excluding hydrogens is 234 g/mol. The summed E-state index contributed by atoms with van der Waals surface area (Å²) in [5.74, 6) is 0. The minimum atomic E-state index is 0. The minimum Gasteiger partial charge on any atom is -1.00 e. The molecule has 0 aliphatic rings. The Hall–Kier alpha value is 0.210. The summed E-state index contributed by atoms with van der Waals surface area (Å²) in [4.78, 5) is 0. The summed E-state index contributed by atoms with van der Waals surface area (Å²) >= 11 is 0. The van der Waals surface area contributed by atoms with Crippen molar-refractivity contribution >= 4 is 0 Å². The van der Waals surface area contributed by atoms with Crippen molar-refractivity contribution in [1.82, 2.24) is 0 Å². The Kier molecular flexibility index (Phi) is 14.6. The monoisotopic (exact) mass is 265 g/mol. The van der Waals surface area contributed by atoms with Gasteiger partial charge in [-0.25, -0.2) is 0 Å². The van der Waals surface area contributed by atoms with Crippen molar-refractivity contribution in [3.05, 3.63) is 0 Å². The smallest absolute Gasteiger partial charge is 0.182 e. The van der Waals surface area contributed by atoms with Crippen molar-refractivity contribution in [2.24, 2.45) is 0 Å². The Bertz CT molecular complexity index is 146. The van der Waals surface area contributed by atoms with Gasteiger partial charge in [-0.15, -0.1) is 0 Å². The van der Waals surface area contributed by atoms with Gasteiger partial charge in [0.15, 0.2) is 6.73 Å². The van der Waals surface area contributed by atoms with E-state index in [0.29, 0.717) is 0 Å². The molecule has 0 bridgehead atoms. The molecule has 0 heterocycles. The summed E-state index contributed by atoms with van der Waals surface area (Å²) in [6.45, 7) is 4.03. The molecule has 0 amide bonds. The van der Waals surface area contributed by atoms with Gasteiger partial charge in [0.1, 0.15) is 0 Å². The van der Waals surface area contributed by atoms with E-state index in [1.807, 2.05) is 0 Å². The molecule has 0 aliphatic heterocycles. The zero-order valence-corrected chi connectivity index (χ0v) is 13.1. The van der Waals surface area contributed by atoms with Crippen LogP contribution in [-0.4, -0.2) is 39.0 Å². The summed E-state index contributed by atoms with van der Waals surface area (Å²) in [7, 11) is 6.48. The predicted molar refractivity (Wildman–Crippen MR) is 71.5 cm³/mol. The van der Waals surface area contributed by atoms with Crippen LogP contribution in [0.1, 0.15) is 58.3 Å². The van der Waals surface area contributed by atoms with Crippen molar-refractivity contribution in [3.63, 3.8) is 0 Å². The first kappa shape index (κ1) is 19.5. The maximum absolute atomic E-state index is 5.62. The van der Waals surface area contributed by atoms with Gasteiger partial charge in [0.25, 0.3) is 0 Å². The molecule has 0 radical (unpaired) electrons. The van der Waals surface area contributed by atoms with Crippen molar-refractivity contribution in [2.45, 2.75) is 58.3 Å². The Labute approximate surface area is 115 Å². The van der Waals surface area contributed by atoms with Gasteiger partial charge >= 0.3 is 0 Å². The van der Waals surface area contributed by atoms with Crippen LogP contribution in [0, 0.1) is 0 Å². The lowest BCUT2D eigenvalue weighted by Gasteiger charge is -2.23. The number of hydrogen-bond donors (Lipinski definition) is 0. The average molecular weight is 266 g/mol. The van der Waals surface area contributed by atoms with E-state index in [1.165, 1.54) is 51.4 Å². The molecule has 0 unspecified atom stereocenters. The van der Waals surface area contributed by atoms with E-state index in [0.717, 1.165) is 17.8 Å². The highest BCUT2D eigenvalue weighted by Gasteiger charge is 2.04. The van der Waals surface area contributed by atoms with E-state index in [1.54, 1.807) is 0 Å². The van der Waals surface area contributed by atoms with Crippen LogP contribution in [0.4, 0.5) is 0 Å². The molecule has 0 spiro atoms. The highest BCUT2D eigenvalue weighted by atomic mass is 35.5. The van der Waals surface area contributed by atoms with E-state index < -0.39 is 0 Å². The van der Waals surface area contributed by atoms with E-state index in [4.69, 9.17) is 4.74 Å². The fourth-order valence-electron chi connectivity index (χ4n) is 1.68. The number of ether oxygens (including phenoxy) is 1. The topological polar surface area (TPSA) is 9.23 Å². The summed E-state index contributed by atoms with van der Waals surface area (Å²) in [6.07, 6.45) is 11.0. The first-order chi connectivity index (χ1) is 7.56. The second-order valence-corrected chi connectivity index (χ2v) is 5.80. The third-order valence-corrected chi connectivity index (χ3v) is 2.62. The molecular formula is C14H32ClNO. The largest absolute Gasteiger partial charge is 1.00 e. The van der Waals surface area contributed by atoms with Gasteiger partial charge < -0.3 is 21.6 Å². The molecule has 0 saturated carbocycles. The molecule has 0 aromatic rings. The van der Waals surface area contributed by atoms with E-state index in [2.05, 4.69) is 28.1 Å². The van der Waals surface area contributed by atoms with Gasteiger partial charge in [-0.3, -0.25) is 0 Å². The molecule has 2 nitrogen and oxygen atoms in total. The summed E-state index contributed by atoms with van der Waals surface area (Å²) in [5, 5.41) is 0. The van der Waals surface area contributed by atoms with Crippen LogP contribution in [-0.2, 0) is 4.74 Å². The van der Waals surface area contributed by atoms with Crippen molar-refractivity contribution in [1.29, 1.82) is 0 Å². The van der Waals surface area contributed by atoms with Crippen molar-refractivity contribution < 1.29 is 21.6 Å². The van der Waals surface area contributed by atoms with E-state index in [-0.39, 0.29) is 12.4 Å². The Morgan fingerprint density at radius 2 is 1.24 bits per heavy atom. The number of nitrogens with zero attached hydrogens (tertiary/aromatic N) is 1. The molecule has 3 heteroatoms. The molecule has 106 valence electrons. The molecule has 0 aliphatic carbocycles. The lowest BCUT2D eigenvalue weighted by molar-refractivity contribution is -0.890. The van der Waals surface area contributed by atoms with Gasteiger partial charge in [-0.1, -0.05) is 51.9 Å². The molecule has 0 fully saturated rings. The summed E-state index contributed by atoms with van der Waals surface area (Å²) in [6, 6.07) is 0. The lowest BCUT2D eigenvalue weighted by atomic mass is 10.1. The van der Waals surface area contributed by atoms with E-state index in [9.17, 15) is 0 Å². The van der Waals surface area contributed by atoms with Crippen LogP contribution in [0.15, 0.2) is 0 Å². The number of hydrogen-bond acceptors (Lipinski definition) is 1. The molecule has 0 N–H and O–H groups in total. The average Bonchev–Trinajstić information content (AvgIpc) is 2.19. The maximum atomic E-state index is 5.62. The highest BCUT2D eigenvalue weighted by molar-refractivity contribution is 4.45. The lowest BCUT2D eigenvalue weighted by Crippen LogP contribution is -3.00. The highest BCUT2D eigenvalue weighted by Crippen LogP contribution is 2.08. The Morgan fingerprint density at radius 1 is 0.765 bits per heavy atom. The first-order valence-corrected chi connectivity index (χ1v) is 6.94. The molecule has 0 saturated heterocycles. The minimum absolute atomic E-state index is 0. The summed E-state index contributed by atoms with van der Waals surface area (Å²) in [5.41, 5.74) is 0. The number of quaternary nitrogens is 1. The van der Waals surface area contributed by atoms with Gasteiger partial charge in [-0.2, -0.15) is 0 Å². The second-order valence-electron chi connectivity index (χ2n) is 5.80. The SMILES string of the molecule is CCCCCCCCCCOC[N+](C)(C)C.[Cl-]. The van der Waals surface area contributed by atoms with Gasteiger partial charge in [0.05, 0.1) is 27.7 Å².